The first-order valence-electron chi connectivity index (χ1n) is 3.98. The molecule has 0 saturated carbocycles. The summed E-state index contributed by atoms with van der Waals surface area (Å²) in [5, 5.41) is 7.82. The molecule has 0 aliphatic carbocycles. The molecule has 0 aliphatic rings. The van der Waals surface area contributed by atoms with Crippen LogP contribution in [-0.2, 0) is 0 Å². The number of rotatable bonds is 0. The molecule has 3 heterocycles. The van der Waals surface area contributed by atoms with Crippen molar-refractivity contribution in [1.29, 1.82) is 0 Å². The highest BCUT2D eigenvalue weighted by molar-refractivity contribution is 6.00. The fourth-order valence-electron chi connectivity index (χ4n) is 1.43. The van der Waals surface area contributed by atoms with Gasteiger partial charge in [0.25, 0.3) is 0 Å². The Kier molecular flexibility index (Phi) is 1.14. The fourth-order valence-corrected chi connectivity index (χ4v) is 1.43. The van der Waals surface area contributed by atoms with Crippen molar-refractivity contribution < 1.29 is 0 Å². The lowest BCUT2D eigenvalue weighted by Gasteiger charge is -1.94. The van der Waals surface area contributed by atoms with Crippen molar-refractivity contribution in [3.05, 3.63) is 30.7 Å². The summed E-state index contributed by atoms with van der Waals surface area (Å²) < 4.78 is 0. The molecule has 13 heavy (non-hydrogen) atoms. The van der Waals surface area contributed by atoms with Crippen molar-refractivity contribution in [2.75, 3.05) is 0 Å². The van der Waals surface area contributed by atoms with E-state index >= 15 is 0 Å². The lowest BCUT2D eigenvalue weighted by molar-refractivity contribution is 1.12. The Morgan fingerprint density at radius 3 is 3.15 bits per heavy atom. The standard InChI is InChI=1S/C9H6N4/c1-2-7-9(10-3-1)6-4-12-13-8(6)5-11-7/h1-5H,(H,12,13). The number of hydrogen-bond acceptors (Lipinski definition) is 3. The monoisotopic (exact) mass is 170 g/mol. The van der Waals surface area contributed by atoms with E-state index in [0.717, 1.165) is 21.9 Å². The van der Waals surface area contributed by atoms with Crippen LogP contribution in [0.3, 0.4) is 0 Å². The van der Waals surface area contributed by atoms with Gasteiger partial charge in [0.15, 0.2) is 0 Å². The molecule has 0 saturated heterocycles. The summed E-state index contributed by atoms with van der Waals surface area (Å²) in [6, 6.07) is 3.82. The zero-order chi connectivity index (χ0) is 8.67. The molecular weight excluding hydrogens is 164 g/mol. The Labute approximate surface area is 73.6 Å². The first kappa shape index (κ1) is 6.54. The lowest BCUT2D eigenvalue weighted by atomic mass is 10.2. The molecule has 0 radical (unpaired) electrons. The highest BCUT2D eigenvalue weighted by Gasteiger charge is 2.02. The molecule has 0 amide bonds. The molecule has 3 aromatic heterocycles. The van der Waals surface area contributed by atoms with Crippen molar-refractivity contribution in [2.24, 2.45) is 0 Å². The Balaban J connectivity index is 2.65. The van der Waals surface area contributed by atoms with Crippen LogP contribution in [-0.4, -0.2) is 20.2 Å². The minimum absolute atomic E-state index is 0.897. The number of nitrogens with zero attached hydrogens (tertiary/aromatic N) is 3. The number of fused-ring (bicyclic) bond motifs is 3. The van der Waals surface area contributed by atoms with E-state index in [9.17, 15) is 0 Å². The van der Waals surface area contributed by atoms with Crippen LogP contribution in [0.5, 0.6) is 0 Å². The number of aromatic amines is 1. The molecule has 0 atom stereocenters. The van der Waals surface area contributed by atoms with Crippen LogP contribution in [0.15, 0.2) is 30.7 Å². The van der Waals surface area contributed by atoms with E-state index in [1.54, 1.807) is 18.6 Å². The van der Waals surface area contributed by atoms with E-state index in [1.807, 2.05) is 12.1 Å². The summed E-state index contributed by atoms with van der Waals surface area (Å²) in [6.45, 7) is 0. The van der Waals surface area contributed by atoms with E-state index in [2.05, 4.69) is 20.2 Å². The van der Waals surface area contributed by atoms with Gasteiger partial charge in [0.1, 0.15) is 0 Å². The molecule has 4 nitrogen and oxygen atoms in total. The van der Waals surface area contributed by atoms with Gasteiger partial charge in [-0.1, -0.05) is 0 Å². The zero-order valence-electron chi connectivity index (χ0n) is 6.73. The Hall–Kier alpha value is -1.97. The van der Waals surface area contributed by atoms with Gasteiger partial charge in [0, 0.05) is 11.6 Å². The number of hydrogen-bond donors (Lipinski definition) is 1. The molecule has 0 aliphatic heterocycles. The molecule has 0 bridgehead atoms. The van der Waals surface area contributed by atoms with E-state index in [1.165, 1.54) is 0 Å². The third-order valence-electron chi connectivity index (χ3n) is 2.04. The highest BCUT2D eigenvalue weighted by Crippen LogP contribution is 2.18. The maximum Gasteiger partial charge on any atom is 0.0996 e. The summed E-state index contributed by atoms with van der Waals surface area (Å²) >= 11 is 0. The van der Waals surface area contributed by atoms with Crippen molar-refractivity contribution in [3.8, 4) is 0 Å². The fraction of sp³-hybridized carbons (Fsp3) is 0. The molecule has 0 fully saturated rings. The van der Waals surface area contributed by atoms with Crippen LogP contribution in [0.1, 0.15) is 0 Å². The normalized spacial score (nSPS) is 11.1. The average Bonchev–Trinajstić information content (AvgIpc) is 2.65. The van der Waals surface area contributed by atoms with Crippen LogP contribution in [0, 0.1) is 0 Å². The minimum Gasteiger partial charge on any atom is -0.276 e. The second-order valence-electron chi connectivity index (χ2n) is 2.83. The number of pyridine rings is 2. The van der Waals surface area contributed by atoms with Crippen molar-refractivity contribution in [2.45, 2.75) is 0 Å². The van der Waals surface area contributed by atoms with Gasteiger partial charge in [-0.15, -0.1) is 0 Å². The van der Waals surface area contributed by atoms with Crippen molar-refractivity contribution in [3.63, 3.8) is 0 Å². The van der Waals surface area contributed by atoms with Gasteiger partial charge in [0.05, 0.1) is 28.9 Å². The quantitative estimate of drug-likeness (QED) is 0.556. The molecule has 1 N–H and O–H groups in total. The van der Waals surface area contributed by atoms with E-state index in [0.29, 0.717) is 0 Å². The molecule has 0 aromatic carbocycles. The van der Waals surface area contributed by atoms with Crippen molar-refractivity contribution >= 4 is 21.9 Å². The summed E-state index contributed by atoms with van der Waals surface area (Å²) in [7, 11) is 0. The molecule has 4 heteroatoms. The van der Waals surface area contributed by atoms with Gasteiger partial charge in [0.2, 0.25) is 0 Å². The Morgan fingerprint density at radius 1 is 1.15 bits per heavy atom. The summed E-state index contributed by atoms with van der Waals surface area (Å²) in [6.07, 6.45) is 5.30. The average molecular weight is 170 g/mol. The predicted molar refractivity (Wildman–Crippen MR) is 49.2 cm³/mol. The van der Waals surface area contributed by atoms with Gasteiger partial charge >= 0.3 is 0 Å². The summed E-state index contributed by atoms with van der Waals surface area (Å²) in [4.78, 5) is 8.51. The molecule has 0 spiro atoms. The van der Waals surface area contributed by atoms with E-state index in [4.69, 9.17) is 0 Å². The molecule has 3 aromatic rings. The van der Waals surface area contributed by atoms with E-state index < -0.39 is 0 Å². The van der Waals surface area contributed by atoms with E-state index in [-0.39, 0.29) is 0 Å². The third kappa shape index (κ3) is 0.823. The third-order valence-corrected chi connectivity index (χ3v) is 2.04. The second-order valence-corrected chi connectivity index (χ2v) is 2.83. The molecule has 62 valence electrons. The molecular formula is C9H6N4. The maximum atomic E-state index is 4.26. The maximum absolute atomic E-state index is 4.26. The van der Waals surface area contributed by atoms with Crippen LogP contribution in [0.25, 0.3) is 21.9 Å². The zero-order valence-corrected chi connectivity index (χ0v) is 6.73. The SMILES string of the molecule is c1cnc2c(c1)ncc1[nH]ncc12. The number of aromatic nitrogens is 4. The highest BCUT2D eigenvalue weighted by atomic mass is 15.1. The van der Waals surface area contributed by atoms with Crippen LogP contribution < -0.4 is 0 Å². The Morgan fingerprint density at radius 2 is 2.15 bits per heavy atom. The number of H-pyrrole nitrogens is 1. The van der Waals surface area contributed by atoms with Gasteiger partial charge < -0.3 is 0 Å². The minimum atomic E-state index is 0.897. The van der Waals surface area contributed by atoms with Crippen LogP contribution in [0.2, 0.25) is 0 Å². The predicted octanol–water partition coefficient (Wildman–Crippen LogP) is 1.51. The first-order chi connectivity index (χ1) is 6.45. The number of nitrogens with one attached hydrogen (secondary N) is 1. The second kappa shape index (κ2) is 2.26. The van der Waals surface area contributed by atoms with Crippen LogP contribution in [0.4, 0.5) is 0 Å². The lowest BCUT2D eigenvalue weighted by Crippen LogP contribution is -1.82. The van der Waals surface area contributed by atoms with Gasteiger partial charge in [-0.3, -0.25) is 15.1 Å². The largest absolute Gasteiger partial charge is 0.276 e. The van der Waals surface area contributed by atoms with Gasteiger partial charge in [-0.2, -0.15) is 5.10 Å². The summed E-state index contributed by atoms with van der Waals surface area (Å²) in [5.74, 6) is 0. The molecule has 3 rings (SSSR count). The van der Waals surface area contributed by atoms with Gasteiger partial charge in [-0.25, -0.2) is 0 Å². The van der Waals surface area contributed by atoms with Gasteiger partial charge in [-0.05, 0) is 12.1 Å². The molecule has 0 unspecified atom stereocenters. The Bertz CT molecular complexity index is 570. The summed E-state index contributed by atoms with van der Waals surface area (Å²) in [5.41, 5.74) is 2.72. The first-order valence-corrected chi connectivity index (χ1v) is 3.98. The topological polar surface area (TPSA) is 54.5 Å². The van der Waals surface area contributed by atoms with Crippen molar-refractivity contribution in [1.82, 2.24) is 20.2 Å². The smallest absolute Gasteiger partial charge is 0.0996 e. The van der Waals surface area contributed by atoms with Crippen LogP contribution >= 0.6 is 0 Å².